The van der Waals surface area contributed by atoms with Crippen molar-refractivity contribution in [2.24, 2.45) is 5.73 Å². The molecule has 1 radical (unpaired) electrons. The molecule has 4 heteroatoms. The van der Waals surface area contributed by atoms with E-state index in [1.807, 2.05) is 0 Å². The van der Waals surface area contributed by atoms with Crippen molar-refractivity contribution in [2.75, 3.05) is 7.11 Å². The van der Waals surface area contributed by atoms with Crippen molar-refractivity contribution >= 4 is 5.91 Å². The van der Waals surface area contributed by atoms with Gasteiger partial charge in [0.2, 0.25) is 0 Å². The van der Waals surface area contributed by atoms with Gasteiger partial charge in [-0.3, -0.25) is 4.79 Å². The molecule has 0 bridgehead atoms. The number of carbonyl (C=O) groups excluding carboxylic acids is 1. The summed E-state index contributed by atoms with van der Waals surface area (Å²) in [6, 6.07) is 6.82. The van der Waals surface area contributed by atoms with Crippen LogP contribution < -0.4 is 15.8 Å². The van der Waals surface area contributed by atoms with Gasteiger partial charge in [0.05, 0.1) is 13.3 Å². The number of hydrogen-bond donors (Lipinski definition) is 1. The van der Waals surface area contributed by atoms with Crippen molar-refractivity contribution in [3.63, 3.8) is 0 Å². The van der Waals surface area contributed by atoms with Gasteiger partial charge in [-0.15, -0.1) is 0 Å². The third-order valence-corrected chi connectivity index (χ3v) is 1.64. The monoisotopic (exact) mass is 193 g/mol. The molecule has 1 aromatic rings. The third-order valence-electron chi connectivity index (χ3n) is 1.64. The Morgan fingerprint density at radius 2 is 2.29 bits per heavy atom. The highest BCUT2D eigenvalue weighted by Crippen LogP contribution is 2.12. The summed E-state index contributed by atoms with van der Waals surface area (Å²) in [5.74, 6) is 0.314. The summed E-state index contributed by atoms with van der Waals surface area (Å²) < 4.78 is 4.98. The second kappa shape index (κ2) is 4.62. The van der Waals surface area contributed by atoms with Gasteiger partial charge in [0.15, 0.2) is 0 Å². The summed E-state index contributed by atoms with van der Waals surface area (Å²) in [6.45, 7) is 1.65. The molecule has 1 amide bonds. The van der Waals surface area contributed by atoms with Crippen LogP contribution in [-0.4, -0.2) is 19.2 Å². The van der Waals surface area contributed by atoms with E-state index in [1.54, 1.807) is 38.3 Å². The van der Waals surface area contributed by atoms with Gasteiger partial charge in [-0.05, 0) is 25.1 Å². The van der Waals surface area contributed by atoms with Crippen LogP contribution in [0.5, 0.6) is 5.75 Å². The molecule has 1 aromatic carbocycles. The minimum atomic E-state index is -0.478. The maximum atomic E-state index is 11.4. The van der Waals surface area contributed by atoms with E-state index in [-0.39, 0.29) is 5.91 Å². The summed E-state index contributed by atoms with van der Waals surface area (Å²) in [6.07, 6.45) is -0.478. The third kappa shape index (κ3) is 2.74. The number of methoxy groups -OCH3 is 1. The van der Waals surface area contributed by atoms with E-state index in [9.17, 15) is 4.79 Å². The van der Waals surface area contributed by atoms with Crippen LogP contribution >= 0.6 is 0 Å². The molecular weight excluding hydrogens is 180 g/mol. The van der Waals surface area contributed by atoms with E-state index in [0.29, 0.717) is 11.3 Å². The van der Waals surface area contributed by atoms with E-state index in [1.165, 1.54) is 0 Å². The summed E-state index contributed by atoms with van der Waals surface area (Å²) in [4.78, 5) is 11.4. The molecule has 0 aliphatic heterocycles. The van der Waals surface area contributed by atoms with Crippen LogP contribution in [0.25, 0.3) is 0 Å². The lowest BCUT2D eigenvalue weighted by Crippen LogP contribution is -2.32. The molecule has 0 fully saturated rings. The molecule has 1 unspecified atom stereocenters. The Labute approximate surface area is 83.1 Å². The first kappa shape index (κ1) is 10.5. The topological polar surface area (TPSA) is 66.4 Å². The van der Waals surface area contributed by atoms with Crippen LogP contribution in [0.4, 0.5) is 0 Å². The number of nitrogens with zero attached hydrogens (tertiary/aromatic N) is 1. The summed E-state index contributed by atoms with van der Waals surface area (Å²) in [7, 11) is 1.55. The average Bonchev–Trinajstić information content (AvgIpc) is 2.17. The fraction of sp³-hybridized carbons (Fsp3) is 0.300. The van der Waals surface area contributed by atoms with Crippen LogP contribution in [0, 0.1) is 0 Å². The maximum Gasteiger partial charge on any atom is 0.274 e. The van der Waals surface area contributed by atoms with Crippen LogP contribution in [0.3, 0.4) is 0 Å². The van der Waals surface area contributed by atoms with E-state index in [4.69, 9.17) is 10.5 Å². The zero-order valence-electron chi connectivity index (χ0n) is 8.23. The van der Waals surface area contributed by atoms with Crippen molar-refractivity contribution in [1.82, 2.24) is 5.32 Å². The number of ether oxygens (including phenoxy) is 1. The fourth-order valence-corrected chi connectivity index (χ4v) is 1.02. The Balaban J connectivity index is 2.79. The largest absolute Gasteiger partial charge is 0.497 e. The van der Waals surface area contributed by atoms with Gasteiger partial charge < -0.3 is 10.5 Å². The highest BCUT2D eigenvalue weighted by atomic mass is 16.5. The van der Waals surface area contributed by atoms with Crippen molar-refractivity contribution in [1.29, 1.82) is 0 Å². The average molecular weight is 193 g/mol. The van der Waals surface area contributed by atoms with Crippen molar-refractivity contribution < 1.29 is 9.53 Å². The van der Waals surface area contributed by atoms with Crippen molar-refractivity contribution in [3.8, 4) is 5.75 Å². The first-order valence-electron chi connectivity index (χ1n) is 4.28. The predicted molar refractivity (Wildman–Crippen MR) is 53.1 cm³/mol. The van der Waals surface area contributed by atoms with Crippen LogP contribution in [0.15, 0.2) is 24.3 Å². The van der Waals surface area contributed by atoms with E-state index in [0.717, 1.165) is 0 Å². The summed E-state index contributed by atoms with van der Waals surface area (Å²) in [5.41, 5.74) is 5.87. The molecule has 14 heavy (non-hydrogen) atoms. The molecule has 75 valence electrons. The Hall–Kier alpha value is -1.55. The molecule has 1 atom stereocenters. The molecule has 2 N–H and O–H groups in total. The number of hydrogen-bond acceptors (Lipinski definition) is 3. The molecule has 0 saturated heterocycles. The smallest absolute Gasteiger partial charge is 0.274 e. The summed E-state index contributed by atoms with van der Waals surface area (Å²) >= 11 is 0. The standard InChI is InChI=1S/C10H13N2O2/c1-7(11)12-10(13)8-4-3-5-9(6-8)14-2/h3-7H,11H2,1-2H3. The zero-order chi connectivity index (χ0) is 10.6. The molecule has 1 rings (SSSR count). The van der Waals surface area contributed by atoms with Gasteiger partial charge in [-0.2, -0.15) is 0 Å². The maximum absolute atomic E-state index is 11.4. The zero-order valence-corrected chi connectivity index (χ0v) is 8.23. The molecule has 0 saturated carbocycles. The number of amides is 1. The number of benzene rings is 1. The van der Waals surface area contributed by atoms with Gasteiger partial charge in [0.1, 0.15) is 5.75 Å². The second-order valence-corrected chi connectivity index (χ2v) is 2.91. The second-order valence-electron chi connectivity index (χ2n) is 2.91. The molecule has 4 nitrogen and oxygen atoms in total. The van der Waals surface area contributed by atoms with Gasteiger partial charge in [0, 0.05) is 5.56 Å². The highest BCUT2D eigenvalue weighted by molar-refractivity contribution is 5.94. The quantitative estimate of drug-likeness (QED) is 0.770. The number of rotatable bonds is 3. The first-order valence-corrected chi connectivity index (χ1v) is 4.28. The van der Waals surface area contributed by atoms with Gasteiger partial charge in [-0.25, -0.2) is 5.32 Å². The normalized spacial score (nSPS) is 11.9. The molecule has 0 aliphatic carbocycles. The molecule has 0 aliphatic rings. The van der Waals surface area contributed by atoms with E-state index in [2.05, 4.69) is 5.32 Å². The lowest BCUT2D eigenvalue weighted by atomic mass is 10.2. The minimum Gasteiger partial charge on any atom is -0.497 e. The predicted octanol–water partition coefficient (Wildman–Crippen LogP) is 0.744. The Bertz CT molecular complexity index is 324. The molecule has 0 spiro atoms. The molecular formula is C10H13N2O2. The fourth-order valence-electron chi connectivity index (χ4n) is 1.02. The lowest BCUT2D eigenvalue weighted by Gasteiger charge is -2.06. The minimum absolute atomic E-state index is 0.320. The lowest BCUT2D eigenvalue weighted by molar-refractivity contribution is 0.0935. The van der Waals surface area contributed by atoms with Gasteiger partial charge in [0.25, 0.3) is 5.91 Å². The van der Waals surface area contributed by atoms with Gasteiger partial charge >= 0.3 is 0 Å². The Kier molecular flexibility index (Phi) is 3.48. The molecule has 0 aromatic heterocycles. The first-order chi connectivity index (χ1) is 6.63. The van der Waals surface area contributed by atoms with Crippen LogP contribution in [0.2, 0.25) is 0 Å². The highest BCUT2D eigenvalue weighted by Gasteiger charge is 2.09. The number of carbonyl (C=O) groups is 1. The Morgan fingerprint density at radius 1 is 1.57 bits per heavy atom. The van der Waals surface area contributed by atoms with Gasteiger partial charge in [-0.1, -0.05) is 6.07 Å². The van der Waals surface area contributed by atoms with Crippen molar-refractivity contribution in [3.05, 3.63) is 29.8 Å². The van der Waals surface area contributed by atoms with Crippen LogP contribution in [0.1, 0.15) is 17.3 Å². The Morgan fingerprint density at radius 3 is 2.86 bits per heavy atom. The van der Waals surface area contributed by atoms with E-state index >= 15 is 0 Å². The van der Waals surface area contributed by atoms with Crippen LogP contribution in [-0.2, 0) is 0 Å². The molecule has 0 heterocycles. The summed E-state index contributed by atoms with van der Waals surface area (Å²) in [5, 5.41) is 3.71. The SMILES string of the molecule is COc1cccc(C(=O)[N]C(C)N)c1. The van der Waals surface area contributed by atoms with Crippen molar-refractivity contribution in [2.45, 2.75) is 13.1 Å². The number of nitrogens with two attached hydrogens (primary N) is 1. The van der Waals surface area contributed by atoms with E-state index < -0.39 is 6.17 Å².